The number of aliphatic carboxylic acids is 1. The molecule has 5 rings (SSSR count). The number of carboxylic acid groups (broad SMARTS) is 1. The number of carbonyl (C=O) groups excluding carboxylic acids is 3. The molecule has 0 heterocycles. The van der Waals surface area contributed by atoms with E-state index in [1.165, 1.54) is 36.7 Å². The number of Topliss-reactive ketones (excluding diaryl/α,β-unsaturated/α-hetero) is 1. The minimum absolute atomic E-state index is 0.0191. The summed E-state index contributed by atoms with van der Waals surface area (Å²) in [6.07, 6.45) is 2.84. The molecule has 0 saturated heterocycles. The van der Waals surface area contributed by atoms with Gasteiger partial charge in [0, 0.05) is 28.9 Å². The van der Waals surface area contributed by atoms with Gasteiger partial charge in [-0.2, -0.15) is 0 Å². The number of methoxy groups -OCH3 is 2. The molecule has 0 unspecified atom stereocenters. The fraction of sp³-hybridized carbons (Fsp3) is 0.317. The molecule has 274 valence electrons. The fourth-order valence-electron chi connectivity index (χ4n) is 5.99. The maximum absolute atomic E-state index is 13.5. The van der Waals surface area contributed by atoms with Crippen LogP contribution in [0.1, 0.15) is 75.7 Å². The number of hydrogen-bond acceptors (Lipinski definition) is 8. The Hall–Kier alpha value is -5.84. The number of ether oxygens (including phenoxy) is 3. The lowest BCUT2D eigenvalue weighted by molar-refractivity contribution is -0.137. The third kappa shape index (κ3) is 10.1. The van der Waals surface area contributed by atoms with Gasteiger partial charge in [0.25, 0.3) is 0 Å². The molecule has 11 nitrogen and oxygen atoms in total. The maximum Gasteiger partial charge on any atom is 0.407 e. The van der Waals surface area contributed by atoms with Crippen LogP contribution in [0.25, 0.3) is 0 Å². The molecule has 0 spiro atoms. The number of nitrogens with zero attached hydrogens (tertiary/aromatic N) is 1. The molecule has 0 saturated carbocycles. The van der Waals surface area contributed by atoms with Gasteiger partial charge in [-0.05, 0) is 94.5 Å². The van der Waals surface area contributed by atoms with Crippen LogP contribution in [0.5, 0.6) is 11.5 Å². The van der Waals surface area contributed by atoms with E-state index >= 15 is 0 Å². The number of amides is 2. The molecule has 0 fully saturated rings. The average Bonchev–Trinajstić information content (AvgIpc) is 3.59. The normalized spacial score (nSPS) is 12.3. The van der Waals surface area contributed by atoms with Crippen molar-refractivity contribution in [3.63, 3.8) is 0 Å². The second kappa shape index (κ2) is 17.4. The Morgan fingerprint density at radius 3 is 2.13 bits per heavy atom. The van der Waals surface area contributed by atoms with Gasteiger partial charge in [0.15, 0.2) is 11.8 Å². The summed E-state index contributed by atoms with van der Waals surface area (Å²) in [5, 5.41) is 13.0. The second-order valence-electron chi connectivity index (χ2n) is 13.4. The van der Waals surface area contributed by atoms with Gasteiger partial charge in [0.05, 0.1) is 26.3 Å². The minimum Gasteiger partial charge on any atom is -0.496 e. The monoisotopic (exact) mass is 709 g/mol. The lowest BCUT2D eigenvalue weighted by Gasteiger charge is -2.31. The zero-order chi connectivity index (χ0) is 38.0. The Morgan fingerprint density at radius 2 is 1.54 bits per heavy atom. The number of primary amides is 1. The van der Waals surface area contributed by atoms with Crippen LogP contribution in [0.2, 0.25) is 0 Å². The Kier molecular flexibility index (Phi) is 13.0. The molecule has 1 aliphatic rings. The van der Waals surface area contributed by atoms with E-state index in [9.17, 15) is 24.3 Å². The molecule has 1 aliphatic carbocycles. The van der Waals surface area contributed by atoms with Crippen molar-refractivity contribution in [1.29, 1.82) is 0 Å². The molecule has 52 heavy (non-hydrogen) atoms. The van der Waals surface area contributed by atoms with Crippen LogP contribution in [0.4, 0.5) is 10.5 Å². The van der Waals surface area contributed by atoms with Crippen LogP contribution in [0.3, 0.4) is 0 Å². The largest absolute Gasteiger partial charge is 0.496 e. The highest BCUT2D eigenvalue weighted by atomic mass is 16.6. The van der Waals surface area contributed by atoms with Gasteiger partial charge in [-0.15, -0.1) is 0 Å². The molecule has 0 radical (unpaired) electrons. The number of carboxylic acids is 1. The number of hydrogen-bond donors (Lipinski definition) is 3. The van der Waals surface area contributed by atoms with Crippen molar-refractivity contribution in [2.45, 2.75) is 71.7 Å². The first-order valence-corrected chi connectivity index (χ1v) is 17.0. The number of ketones is 1. The van der Waals surface area contributed by atoms with Crippen molar-refractivity contribution in [1.82, 2.24) is 5.32 Å². The molecular weight excluding hydrogens is 662 g/mol. The highest BCUT2D eigenvalue weighted by Crippen LogP contribution is 2.35. The Balaban J connectivity index is 0.000000421. The Morgan fingerprint density at radius 1 is 0.865 bits per heavy atom. The first-order chi connectivity index (χ1) is 24.7. The van der Waals surface area contributed by atoms with Crippen molar-refractivity contribution >= 4 is 29.4 Å². The van der Waals surface area contributed by atoms with Crippen LogP contribution in [0, 0.1) is 6.92 Å². The molecule has 4 aromatic rings. The van der Waals surface area contributed by atoms with E-state index in [0.29, 0.717) is 33.9 Å². The summed E-state index contributed by atoms with van der Waals surface area (Å²) in [6.45, 7) is 7.28. The molecule has 1 atom stereocenters. The lowest BCUT2D eigenvalue weighted by Crippen LogP contribution is -2.47. The zero-order valence-electron chi connectivity index (χ0n) is 30.5. The number of fused-ring (bicyclic) bond motifs is 1. The van der Waals surface area contributed by atoms with E-state index in [1.807, 2.05) is 37.3 Å². The van der Waals surface area contributed by atoms with Crippen LogP contribution < -0.4 is 25.4 Å². The first-order valence-electron chi connectivity index (χ1n) is 17.0. The molecule has 0 aromatic heterocycles. The molecule has 4 N–H and O–H groups in total. The SMILES string of the molecule is COc1ccc(CN(c2ccc(C)cc2)[C@H](C(=O)O)C(=O)c2ccccc2)c(OC)c1CNC(=O)OC(C)(C)C.NC(=O)c1ccc2c(c1)CCC2. The van der Waals surface area contributed by atoms with Gasteiger partial charge >= 0.3 is 12.1 Å². The smallest absolute Gasteiger partial charge is 0.407 e. The van der Waals surface area contributed by atoms with E-state index in [-0.39, 0.29) is 24.6 Å². The predicted molar refractivity (Wildman–Crippen MR) is 199 cm³/mol. The Labute approximate surface area is 304 Å². The topological polar surface area (TPSA) is 157 Å². The number of rotatable bonds is 12. The summed E-state index contributed by atoms with van der Waals surface area (Å²) in [4.78, 5) is 50.9. The number of nitrogens with one attached hydrogen (secondary N) is 1. The zero-order valence-corrected chi connectivity index (χ0v) is 30.5. The summed E-state index contributed by atoms with van der Waals surface area (Å²) in [7, 11) is 2.98. The van der Waals surface area contributed by atoms with E-state index in [1.54, 1.807) is 75.4 Å². The first kappa shape index (κ1) is 39.0. The van der Waals surface area contributed by atoms with Gasteiger partial charge in [-0.1, -0.05) is 54.1 Å². The highest BCUT2D eigenvalue weighted by Gasteiger charge is 2.35. The van der Waals surface area contributed by atoms with Crippen molar-refractivity contribution in [2.75, 3.05) is 19.1 Å². The predicted octanol–water partition coefficient (Wildman–Crippen LogP) is 6.65. The lowest BCUT2D eigenvalue weighted by atomic mass is 10.00. The van der Waals surface area contributed by atoms with Crippen LogP contribution in [0.15, 0.2) is 84.9 Å². The van der Waals surface area contributed by atoms with Crippen molar-refractivity contribution in [3.05, 3.63) is 124 Å². The summed E-state index contributed by atoms with van der Waals surface area (Å²) in [6, 6.07) is 23.3. The highest BCUT2D eigenvalue weighted by molar-refractivity contribution is 6.13. The van der Waals surface area contributed by atoms with E-state index in [2.05, 4.69) is 5.32 Å². The van der Waals surface area contributed by atoms with Crippen molar-refractivity contribution < 1.29 is 38.5 Å². The standard InChI is InChI=1S/C31H36N2O7.C10H11NO/c1-20-12-15-23(16-13-20)33(26(29(35)36)27(34)21-10-8-7-9-11-21)19-22-14-17-25(38-5)24(28(22)39-6)18-32-30(37)40-31(2,3)4;11-10(12)9-5-4-7-2-1-3-8(7)6-9/h7-17,26H,18-19H2,1-6H3,(H,32,37)(H,35,36);4-6H,1-3H2,(H2,11,12)/t26-;/m0./s1. The third-order valence-electron chi connectivity index (χ3n) is 8.47. The quantitative estimate of drug-likeness (QED) is 0.108. The van der Waals surface area contributed by atoms with Gasteiger partial charge in [-0.3, -0.25) is 9.59 Å². The van der Waals surface area contributed by atoms with Crippen molar-refractivity contribution in [2.24, 2.45) is 5.73 Å². The number of nitrogens with two attached hydrogens (primary N) is 1. The number of benzene rings is 4. The van der Waals surface area contributed by atoms with Crippen LogP contribution >= 0.6 is 0 Å². The van der Waals surface area contributed by atoms with Crippen molar-refractivity contribution in [3.8, 4) is 11.5 Å². The average molecular weight is 710 g/mol. The van der Waals surface area contributed by atoms with Gasteiger partial charge in [-0.25, -0.2) is 9.59 Å². The summed E-state index contributed by atoms with van der Waals surface area (Å²) in [5.74, 6) is -1.30. The summed E-state index contributed by atoms with van der Waals surface area (Å²) >= 11 is 0. The molecule has 4 aromatic carbocycles. The number of aryl methyl sites for hydroxylation is 3. The molecule has 11 heteroatoms. The maximum atomic E-state index is 13.5. The molecule has 0 aliphatic heterocycles. The van der Waals surface area contributed by atoms with Crippen LogP contribution in [-0.2, 0) is 35.5 Å². The minimum atomic E-state index is -1.51. The van der Waals surface area contributed by atoms with Gasteiger partial charge < -0.3 is 35.3 Å². The van der Waals surface area contributed by atoms with E-state index in [4.69, 9.17) is 19.9 Å². The van der Waals surface area contributed by atoms with Gasteiger partial charge in [0.2, 0.25) is 5.91 Å². The fourth-order valence-corrected chi connectivity index (χ4v) is 5.99. The third-order valence-corrected chi connectivity index (χ3v) is 8.47. The second-order valence-corrected chi connectivity index (χ2v) is 13.4. The summed E-state index contributed by atoms with van der Waals surface area (Å²) in [5.41, 5.74) is 10.8. The number of alkyl carbamates (subject to hydrolysis) is 1. The summed E-state index contributed by atoms with van der Waals surface area (Å²) < 4.78 is 16.6. The number of anilines is 1. The van der Waals surface area contributed by atoms with Gasteiger partial charge in [0.1, 0.15) is 17.1 Å². The Bertz CT molecular complexity index is 1880. The molecule has 0 bridgehead atoms. The van der Waals surface area contributed by atoms with E-state index in [0.717, 1.165) is 18.4 Å². The van der Waals surface area contributed by atoms with E-state index < -0.39 is 29.5 Å². The van der Waals surface area contributed by atoms with Crippen LogP contribution in [-0.4, -0.2) is 54.7 Å². The molecule has 2 amide bonds. The molecular formula is C41H47N3O8. The number of carbonyl (C=O) groups is 4.